The van der Waals surface area contributed by atoms with Crippen LogP contribution in [0.2, 0.25) is 0 Å². The summed E-state index contributed by atoms with van der Waals surface area (Å²) in [6.45, 7) is 7.94. The van der Waals surface area contributed by atoms with Crippen molar-refractivity contribution in [3.63, 3.8) is 0 Å². The van der Waals surface area contributed by atoms with Crippen molar-refractivity contribution in [2.75, 3.05) is 6.54 Å². The van der Waals surface area contributed by atoms with E-state index >= 15 is 0 Å². The molecule has 0 bridgehead atoms. The van der Waals surface area contributed by atoms with E-state index in [4.69, 9.17) is 5.11 Å². The first-order valence-electron chi connectivity index (χ1n) is 5.25. The summed E-state index contributed by atoms with van der Waals surface area (Å²) in [7, 11) is 0. The Hall–Kier alpha value is -1.06. The Kier molecular flexibility index (Phi) is 5.33. The molecule has 0 aliphatic carbocycles. The van der Waals surface area contributed by atoms with Gasteiger partial charge in [-0.2, -0.15) is 0 Å². The quantitative estimate of drug-likeness (QED) is 0.732. The number of carboxylic acids is 1. The molecule has 88 valence electrons. The topological polar surface area (TPSA) is 66.4 Å². The van der Waals surface area contributed by atoms with Crippen molar-refractivity contribution in [1.82, 2.24) is 5.32 Å². The van der Waals surface area contributed by atoms with E-state index < -0.39 is 11.9 Å². The molecule has 0 aromatic carbocycles. The van der Waals surface area contributed by atoms with Crippen LogP contribution in [0.4, 0.5) is 0 Å². The fraction of sp³-hybridized carbons (Fsp3) is 0.818. The molecule has 1 atom stereocenters. The van der Waals surface area contributed by atoms with E-state index in [1.54, 1.807) is 6.92 Å². The van der Waals surface area contributed by atoms with Gasteiger partial charge in [0.2, 0.25) is 5.91 Å². The number of hydrogen-bond donors (Lipinski definition) is 2. The minimum atomic E-state index is -0.853. The number of carboxylic acid groups (broad SMARTS) is 1. The third-order valence-corrected chi connectivity index (χ3v) is 2.08. The lowest BCUT2D eigenvalue weighted by Gasteiger charge is -2.18. The smallest absolute Gasteiger partial charge is 0.308 e. The Balaban J connectivity index is 3.94. The average molecular weight is 215 g/mol. The summed E-state index contributed by atoms with van der Waals surface area (Å²) in [6.07, 6.45) is 0.953. The van der Waals surface area contributed by atoms with Crippen LogP contribution < -0.4 is 5.32 Å². The second-order valence-electron chi connectivity index (χ2n) is 4.98. The van der Waals surface area contributed by atoms with Gasteiger partial charge in [0.15, 0.2) is 0 Å². The summed E-state index contributed by atoms with van der Waals surface area (Å²) in [5.74, 6) is -1.41. The molecule has 0 fully saturated rings. The summed E-state index contributed by atoms with van der Waals surface area (Å²) < 4.78 is 0. The molecule has 4 heteroatoms. The van der Waals surface area contributed by atoms with Gasteiger partial charge in [0.1, 0.15) is 0 Å². The molecular formula is C11H21NO3. The molecule has 1 unspecified atom stereocenters. The lowest BCUT2D eigenvalue weighted by molar-refractivity contribution is -0.141. The van der Waals surface area contributed by atoms with Crippen molar-refractivity contribution in [3.8, 4) is 0 Å². The highest BCUT2D eigenvalue weighted by molar-refractivity contribution is 5.77. The van der Waals surface area contributed by atoms with E-state index in [0.717, 1.165) is 0 Å². The summed E-state index contributed by atoms with van der Waals surface area (Å²) in [6, 6.07) is 0. The van der Waals surface area contributed by atoms with Crippen molar-refractivity contribution in [2.24, 2.45) is 11.3 Å². The zero-order chi connectivity index (χ0) is 12.1. The summed E-state index contributed by atoms with van der Waals surface area (Å²) >= 11 is 0. The Labute approximate surface area is 91.1 Å². The van der Waals surface area contributed by atoms with Crippen LogP contribution >= 0.6 is 0 Å². The van der Waals surface area contributed by atoms with E-state index in [1.165, 1.54) is 0 Å². The number of hydrogen-bond acceptors (Lipinski definition) is 2. The molecule has 0 rings (SSSR count). The minimum Gasteiger partial charge on any atom is -0.481 e. The van der Waals surface area contributed by atoms with Gasteiger partial charge in [-0.15, -0.1) is 0 Å². The van der Waals surface area contributed by atoms with Gasteiger partial charge in [-0.1, -0.05) is 27.7 Å². The zero-order valence-electron chi connectivity index (χ0n) is 9.96. The lowest BCUT2D eigenvalue weighted by Crippen LogP contribution is -2.34. The van der Waals surface area contributed by atoms with Gasteiger partial charge in [0, 0.05) is 13.0 Å². The van der Waals surface area contributed by atoms with Crippen molar-refractivity contribution in [1.29, 1.82) is 0 Å². The van der Waals surface area contributed by atoms with Crippen LogP contribution in [0.15, 0.2) is 0 Å². The maximum absolute atomic E-state index is 11.4. The van der Waals surface area contributed by atoms with Crippen LogP contribution in [-0.4, -0.2) is 23.5 Å². The number of nitrogens with one attached hydrogen (secondary N) is 1. The van der Waals surface area contributed by atoms with Crippen LogP contribution in [-0.2, 0) is 9.59 Å². The molecule has 0 aromatic rings. The molecule has 1 amide bonds. The zero-order valence-corrected chi connectivity index (χ0v) is 9.96. The van der Waals surface area contributed by atoms with Gasteiger partial charge in [-0.3, -0.25) is 9.59 Å². The van der Waals surface area contributed by atoms with Gasteiger partial charge < -0.3 is 10.4 Å². The average Bonchev–Trinajstić information content (AvgIpc) is 2.01. The maximum Gasteiger partial charge on any atom is 0.308 e. The highest BCUT2D eigenvalue weighted by Gasteiger charge is 2.19. The predicted molar refractivity (Wildman–Crippen MR) is 58.5 cm³/mol. The van der Waals surface area contributed by atoms with E-state index in [-0.39, 0.29) is 17.9 Å². The van der Waals surface area contributed by atoms with Crippen LogP contribution in [0.1, 0.15) is 40.5 Å². The normalized spacial score (nSPS) is 13.3. The Morgan fingerprint density at radius 2 is 1.87 bits per heavy atom. The molecule has 4 nitrogen and oxygen atoms in total. The number of amides is 1. The van der Waals surface area contributed by atoms with Gasteiger partial charge >= 0.3 is 5.97 Å². The van der Waals surface area contributed by atoms with Crippen molar-refractivity contribution in [2.45, 2.75) is 40.5 Å². The molecule has 15 heavy (non-hydrogen) atoms. The summed E-state index contributed by atoms with van der Waals surface area (Å²) in [4.78, 5) is 22.1. The molecule has 0 aliphatic rings. The lowest BCUT2D eigenvalue weighted by atomic mass is 9.92. The monoisotopic (exact) mass is 215 g/mol. The molecule has 0 radical (unpaired) electrons. The van der Waals surface area contributed by atoms with Crippen LogP contribution in [0.3, 0.4) is 0 Å². The van der Waals surface area contributed by atoms with Gasteiger partial charge in [-0.05, 0) is 11.8 Å². The van der Waals surface area contributed by atoms with Crippen LogP contribution in [0.25, 0.3) is 0 Å². The Bertz CT molecular complexity index is 230. The molecule has 0 heterocycles. The number of carbonyl (C=O) groups is 2. The highest BCUT2D eigenvalue weighted by atomic mass is 16.4. The van der Waals surface area contributed by atoms with E-state index in [0.29, 0.717) is 12.8 Å². The van der Waals surface area contributed by atoms with Crippen LogP contribution in [0, 0.1) is 11.3 Å². The number of aliphatic carboxylic acids is 1. The van der Waals surface area contributed by atoms with Crippen molar-refractivity contribution < 1.29 is 14.7 Å². The fourth-order valence-corrected chi connectivity index (χ4v) is 1.19. The summed E-state index contributed by atoms with van der Waals surface area (Å²) in [5.41, 5.74) is -0.0605. The molecule has 0 aromatic heterocycles. The molecule has 0 saturated heterocycles. The SMILES string of the molecule is CCC(CNC(=O)CC(C)(C)C)C(=O)O. The summed E-state index contributed by atoms with van der Waals surface area (Å²) in [5, 5.41) is 11.4. The maximum atomic E-state index is 11.4. The van der Waals surface area contributed by atoms with Crippen molar-refractivity contribution in [3.05, 3.63) is 0 Å². The first-order chi connectivity index (χ1) is 6.76. The Morgan fingerprint density at radius 1 is 1.33 bits per heavy atom. The van der Waals surface area contributed by atoms with Gasteiger partial charge in [-0.25, -0.2) is 0 Å². The fourth-order valence-electron chi connectivity index (χ4n) is 1.19. The molecule has 0 aliphatic heterocycles. The molecule has 0 spiro atoms. The molecule has 0 saturated carbocycles. The standard InChI is InChI=1S/C11H21NO3/c1-5-8(10(14)15)7-12-9(13)6-11(2,3)4/h8H,5-7H2,1-4H3,(H,12,13)(H,14,15). The highest BCUT2D eigenvalue weighted by Crippen LogP contribution is 2.17. The second-order valence-corrected chi connectivity index (χ2v) is 4.98. The van der Waals surface area contributed by atoms with Crippen LogP contribution in [0.5, 0.6) is 0 Å². The minimum absolute atomic E-state index is 0.0605. The number of rotatable bonds is 5. The number of carbonyl (C=O) groups excluding carboxylic acids is 1. The van der Waals surface area contributed by atoms with E-state index in [2.05, 4.69) is 5.32 Å². The third kappa shape index (κ3) is 6.94. The predicted octanol–water partition coefficient (Wildman–Crippen LogP) is 1.65. The first-order valence-corrected chi connectivity index (χ1v) is 5.25. The van der Waals surface area contributed by atoms with E-state index in [9.17, 15) is 9.59 Å². The first kappa shape index (κ1) is 13.9. The Morgan fingerprint density at radius 3 is 2.20 bits per heavy atom. The van der Waals surface area contributed by atoms with Gasteiger partial charge in [0.05, 0.1) is 5.92 Å². The molecular weight excluding hydrogens is 194 g/mol. The largest absolute Gasteiger partial charge is 0.481 e. The van der Waals surface area contributed by atoms with Gasteiger partial charge in [0.25, 0.3) is 0 Å². The second kappa shape index (κ2) is 5.73. The van der Waals surface area contributed by atoms with E-state index in [1.807, 2.05) is 20.8 Å². The molecule has 2 N–H and O–H groups in total. The third-order valence-electron chi connectivity index (χ3n) is 2.08. The van der Waals surface area contributed by atoms with Crippen molar-refractivity contribution >= 4 is 11.9 Å².